The Kier molecular flexibility index (Phi) is 1.38. The molecule has 1 aliphatic heterocycles. The van der Waals surface area contributed by atoms with Crippen molar-refractivity contribution >= 4 is 5.71 Å². The maximum atomic E-state index is 2.35. The van der Waals surface area contributed by atoms with E-state index in [0.29, 0.717) is 5.41 Å². The van der Waals surface area contributed by atoms with Crippen LogP contribution in [0, 0.1) is 5.41 Å². The van der Waals surface area contributed by atoms with Crippen molar-refractivity contribution in [1.29, 1.82) is 0 Å². The summed E-state index contributed by atoms with van der Waals surface area (Å²) in [5, 5.41) is 0. The third-order valence-electron chi connectivity index (χ3n) is 2.05. The smallest absolute Gasteiger partial charge is 0.149 e. The minimum atomic E-state index is 0.527. The lowest BCUT2D eigenvalue weighted by Crippen LogP contribution is -2.15. The predicted molar refractivity (Wildman–Crippen MR) is 40.1 cm³/mol. The monoisotopic (exact) mass is 126 g/mol. The molecule has 0 saturated carbocycles. The van der Waals surface area contributed by atoms with E-state index in [1.165, 1.54) is 18.7 Å². The quantitative estimate of drug-likeness (QED) is 0.433. The number of rotatable bonds is 0. The highest BCUT2D eigenvalue weighted by atomic mass is 15.0. The molecule has 9 heavy (non-hydrogen) atoms. The van der Waals surface area contributed by atoms with Crippen molar-refractivity contribution in [3.8, 4) is 0 Å². The molecule has 0 spiro atoms. The van der Waals surface area contributed by atoms with Gasteiger partial charge in [-0.1, -0.05) is 13.8 Å². The first-order chi connectivity index (χ1) is 4.01. The molecule has 1 heterocycles. The zero-order chi connectivity index (χ0) is 7.07. The average molecular weight is 126 g/mol. The van der Waals surface area contributed by atoms with Crippen LogP contribution in [0.3, 0.4) is 0 Å². The van der Waals surface area contributed by atoms with E-state index in [1.807, 2.05) is 0 Å². The van der Waals surface area contributed by atoms with Gasteiger partial charge in [0.1, 0.15) is 19.3 Å². The fourth-order valence-electron chi connectivity index (χ4n) is 1.66. The van der Waals surface area contributed by atoms with E-state index in [-0.39, 0.29) is 0 Å². The highest BCUT2D eigenvalue weighted by Crippen LogP contribution is 2.25. The van der Waals surface area contributed by atoms with Crippen molar-refractivity contribution in [1.82, 2.24) is 0 Å². The second kappa shape index (κ2) is 1.83. The van der Waals surface area contributed by atoms with Gasteiger partial charge < -0.3 is 0 Å². The zero-order valence-corrected chi connectivity index (χ0v) is 6.86. The summed E-state index contributed by atoms with van der Waals surface area (Å²) < 4.78 is 2.35. The normalized spacial score (nSPS) is 25.3. The standard InChI is InChI=1S/C8H16N/c1-7-5-8(2,3)6-9(7)4/h5-6H2,1-4H3/q+1. The molecule has 0 aromatic rings. The third-order valence-corrected chi connectivity index (χ3v) is 2.05. The molecule has 0 aliphatic carbocycles. The van der Waals surface area contributed by atoms with E-state index in [1.54, 1.807) is 0 Å². The van der Waals surface area contributed by atoms with Crippen LogP contribution in [-0.4, -0.2) is 23.9 Å². The molecule has 0 bridgehead atoms. The van der Waals surface area contributed by atoms with Crippen LogP contribution in [0.1, 0.15) is 27.2 Å². The summed E-state index contributed by atoms with van der Waals surface area (Å²) in [5.41, 5.74) is 2.05. The zero-order valence-electron chi connectivity index (χ0n) is 6.86. The SMILES string of the molecule is CC1=[N+](C)CC(C)(C)C1. The van der Waals surface area contributed by atoms with Crippen LogP contribution in [0.25, 0.3) is 0 Å². The topological polar surface area (TPSA) is 3.01 Å². The fourth-order valence-corrected chi connectivity index (χ4v) is 1.66. The molecule has 1 rings (SSSR count). The van der Waals surface area contributed by atoms with Gasteiger partial charge >= 0.3 is 0 Å². The lowest BCUT2D eigenvalue weighted by molar-refractivity contribution is -0.499. The maximum absolute atomic E-state index is 2.35. The van der Waals surface area contributed by atoms with Crippen LogP contribution in [0.2, 0.25) is 0 Å². The van der Waals surface area contributed by atoms with Crippen molar-refractivity contribution in [2.24, 2.45) is 5.41 Å². The Hall–Kier alpha value is -0.330. The molecule has 0 unspecified atom stereocenters. The first kappa shape index (κ1) is 6.79. The summed E-state index contributed by atoms with van der Waals surface area (Å²) in [6, 6.07) is 0. The lowest BCUT2D eigenvalue weighted by Gasteiger charge is -2.09. The van der Waals surface area contributed by atoms with Crippen LogP contribution in [0.15, 0.2) is 0 Å². The molecule has 0 fully saturated rings. The first-order valence-corrected chi connectivity index (χ1v) is 3.55. The second-order valence-electron chi connectivity index (χ2n) is 3.93. The van der Waals surface area contributed by atoms with E-state index in [9.17, 15) is 0 Å². The summed E-state index contributed by atoms with van der Waals surface area (Å²) in [5.74, 6) is 0. The Bertz CT molecular complexity index is 138. The number of hydrogen-bond donors (Lipinski definition) is 0. The molecule has 0 amide bonds. The summed E-state index contributed by atoms with van der Waals surface area (Å²) in [7, 11) is 2.17. The van der Waals surface area contributed by atoms with Gasteiger partial charge in [-0.05, 0) is 0 Å². The van der Waals surface area contributed by atoms with Crippen LogP contribution in [0.5, 0.6) is 0 Å². The van der Waals surface area contributed by atoms with E-state index >= 15 is 0 Å². The van der Waals surface area contributed by atoms with E-state index in [2.05, 4.69) is 32.4 Å². The lowest BCUT2D eigenvalue weighted by atomic mass is 9.91. The van der Waals surface area contributed by atoms with Crippen LogP contribution in [-0.2, 0) is 0 Å². The molecule has 1 heteroatoms. The van der Waals surface area contributed by atoms with Gasteiger partial charge in [0.05, 0.1) is 0 Å². The van der Waals surface area contributed by atoms with Crippen LogP contribution < -0.4 is 0 Å². The molecule has 1 nitrogen and oxygen atoms in total. The van der Waals surface area contributed by atoms with E-state index < -0.39 is 0 Å². The second-order valence-corrected chi connectivity index (χ2v) is 3.93. The molecular weight excluding hydrogens is 110 g/mol. The van der Waals surface area contributed by atoms with Crippen LogP contribution >= 0.6 is 0 Å². The van der Waals surface area contributed by atoms with Gasteiger partial charge in [-0.3, -0.25) is 0 Å². The summed E-state index contributed by atoms with van der Waals surface area (Å²) in [6.45, 7) is 8.08. The molecule has 0 radical (unpaired) electrons. The Morgan fingerprint density at radius 2 is 2.00 bits per heavy atom. The van der Waals surface area contributed by atoms with Gasteiger partial charge in [-0.2, -0.15) is 0 Å². The van der Waals surface area contributed by atoms with Crippen molar-refractivity contribution in [2.45, 2.75) is 27.2 Å². The van der Waals surface area contributed by atoms with Gasteiger partial charge in [0.15, 0.2) is 0 Å². The van der Waals surface area contributed by atoms with Gasteiger partial charge in [0.25, 0.3) is 0 Å². The molecule has 1 aliphatic rings. The summed E-state index contributed by atoms with van der Waals surface area (Å²) in [6.07, 6.45) is 1.27. The van der Waals surface area contributed by atoms with E-state index in [0.717, 1.165) is 0 Å². The van der Waals surface area contributed by atoms with Gasteiger partial charge in [0.2, 0.25) is 0 Å². The van der Waals surface area contributed by atoms with E-state index in [4.69, 9.17) is 0 Å². The molecule has 52 valence electrons. The fraction of sp³-hybridized carbons (Fsp3) is 0.875. The maximum Gasteiger partial charge on any atom is 0.149 e. The highest BCUT2D eigenvalue weighted by Gasteiger charge is 2.32. The molecule has 0 atom stereocenters. The van der Waals surface area contributed by atoms with Gasteiger partial charge in [-0.25, -0.2) is 4.58 Å². The Balaban J connectivity index is 2.70. The van der Waals surface area contributed by atoms with Gasteiger partial charge in [-0.15, -0.1) is 0 Å². The summed E-state index contributed by atoms with van der Waals surface area (Å²) >= 11 is 0. The predicted octanol–water partition coefficient (Wildman–Crippen LogP) is 1.52. The van der Waals surface area contributed by atoms with Crippen molar-refractivity contribution in [3.63, 3.8) is 0 Å². The molecule has 0 aromatic heterocycles. The Labute approximate surface area is 57.4 Å². The molecule has 0 aromatic carbocycles. The third kappa shape index (κ3) is 1.32. The first-order valence-electron chi connectivity index (χ1n) is 3.55. The van der Waals surface area contributed by atoms with Crippen molar-refractivity contribution < 1.29 is 4.58 Å². The minimum absolute atomic E-state index is 0.527. The van der Waals surface area contributed by atoms with Crippen molar-refractivity contribution in [2.75, 3.05) is 13.6 Å². The van der Waals surface area contributed by atoms with Crippen LogP contribution in [0.4, 0.5) is 0 Å². The van der Waals surface area contributed by atoms with Gasteiger partial charge in [0, 0.05) is 18.8 Å². The Morgan fingerprint density at radius 3 is 2.11 bits per heavy atom. The number of hydrogen-bond acceptors (Lipinski definition) is 0. The molecular formula is C8H16N+. The Morgan fingerprint density at radius 1 is 1.44 bits per heavy atom. The van der Waals surface area contributed by atoms with Crippen molar-refractivity contribution in [3.05, 3.63) is 0 Å². The largest absolute Gasteiger partial charge is 0.239 e. The number of nitrogens with zero attached hydrogens (tertiary/aromatic N) is 1. The minimum Gasteiger partial charge on any atom is -0.239 e. The summed E-state index contributed by atoms with van der Waals surface area (Å²) in [4.78, 5) is 0. The highest BCUT2D eigenvalue weighted by molar-refractivity contribution is 5.78. The molecule has 0 saturated heterocycles. The molecule has 0 N–H and O–H groups in total. The average Bonchev–Trinajstić information content (AvgIpc) is 1.79.